The minimum absolute atomic E-state index is 0.179. The smallest absolute Gasteiger partial charge is 0.176 e. The molecular weight excluding hydrogens is 310 g/mol. The number of carbonyl (C=O) groups excluding carboxylic acids is 1. The van der Waals surface area contributed by atoms with Crippen LogP contribution in [0, 0.1) is 6.92 Å². The van der Waals surface area contributed by atoms with Gasteiger partial charge in [-0.3, -0.25) is 14.7 Å². The van der Waals surface area contributed by atoms with Crippen LogP contribution in [0.5, 0.6) is 0 Å². The number of benzene rings is 2. The summed E-state index contributed by atoms with van der Waals surface area (Å²) in [6.07, 6.45) is 1.85. The number of carbonyl (C=O) groups is 1. The predicted octanol–water partition coefficient (Wildman–Crippen LogP) is 3.18. The number of hydrogen-bond donors (Lipinski definition) is 0. The molecule has 0 aliphatic carbocycles. The summed E-state index contributed by atoms with van der Waals surface area (Å²) in [5.41, 5.74) is 3.92. The summed E-state index contributed by atoms with van der Waals surface area (Å²) in [5.74, 6) is 0.179. The molecule has 2 aromatic carbocycles. The van der Waals surface area contributed by atoms with Gasteiger partial charge in [0.05, 0.1) is 12.2 Å². The highest BCUT2D eigenvalue weighted by atomic mass is 16.1. The highest BCUT2D eigenvalue weighted by molar-refractivity contribution is 5.98. The largest absolute Gasteiger partial charge is 0.304 e. The van der Waals surface area contributed by atoms with Crippen molar-refractivity contribution in [2.75, 3.05) is 39.8 Å². The van der Waals surface area contributed by atoms with Crippen LogP contribution in [0.25, 0.3) is 0 Å². The maximum absolute atomic E-state index is 12.4. The SMILES string of the molecule is Cc1ccc(C=Nc2ccc(C(=O)CN3CCN(C)CC3)cc2)cc1. The van der Waals surface area contributed by atoms with Gasteiger partial charge in [-0.2, -0.15) is 0 Å². The van der Waals surface area contributed by atoms with Crippen LogP contribution in [-0.4, -0.2) is 61.6 Å². The Hall–Kier alpha value is -2.30. The summed E-state index contributed by atoms with van der Waals surface area (Å²) >= 11 is 0. The molecular formula is C21H25N3O. The van der Waals surface area contributed by atoms with Gasteiger partial charge in [0.25, 0.3) is 0 Å². The van der Waals surface area contributed by atoms with Crippen LogP contribution in [0.3, 0.4) is 0 Å². The van der Waals surface area contributed by atoms with E-state index in [-0.39, 0.29) is 5.78 Å². The number of aliphatic imine (C=N–C) groups is 1. The Balaban J connectivity index is 1.57. The van der Waals surface area contributed by atoms with Gasteiger partial charge in [-0.1, -0.05) is 29.8 Å². The average Bonchev–Trinajstić information content (AvgIpc) is 2.63. The Morgan fingerprint density at radius 2 is 1.64 bits per heavy atom. The molecule has 2 aromatic rings. The first-order valence-electron chi connectivity index (χ1n) is 8.75. The second kappa shape index (κ2) is 8.19. The van der Waals surface area contributed by atoms with E-state index in [2.05, 4.69) is 40.9 Å². The first-order chi connectivity index (χ1) is 12.1. The lowest BCUT2D eigenvalue weighted by molar-refractivity contribution is 0.0876. The third-order valence-electron chi connectivity index (χ3n) is 4.59. The molecule has 1 aliphatic rings. The lowest BCUT2D eigenvalue weighted by atomic mass is 10.1. The topological polar surface area (TPSA) is 35.9 Å². The van der Waals surface area contributed by atoms with Gasteiger partial charge < -0.3 is 4.90 Å². The number of likely N-dealkylation sites (N-methyl/N-ethyl adjacent to an activating group) is 1. The number of piperazine rings is 1. The first kappa shape index (κ1) is 17.5. The van der Waals surface area contributed by atoms with E-state index in [1.165, 1.54) is 5.56 Å². The monoisotopic (exact) mass is 335 g/mol. The van der Waals surface area contributed by atoms with Crippen molar-refractivity contribution in [1.29, 1.82) is 0 Å². The molecule has 1 saturated heterocycles. The van der Waals surface area contributed by atoms with E-state index < -0.39 is 0 Å². The van der Waals surface area contributed by atoms with E-state index >= 15 is 0 Å². The normalized spacial score (nSPS) is 16.4. The van der Waals surface area contributed by atoms with Gasteiger partial charge in [0.15, 0.2) is 5.78 Å². The van der Waals surface area contributed by atoms with Crippen molar-refractivity contribution in [1.82, 2.24) is 9.80 Å². The molecule has 1 heterocycles. The number of ketones is 1. The van der Waals surface area contributed by atoms with Gasteiger partial charge in [-0.05, 0) is 43.8 Å². The highest BCUT2D eigenvalue weighted by Crippen LogP contribution is 2.14. The van der Waals surface area contributed by atoms with E-state index in [0.29, 0.717) is 6.54 Å². The molecule has 25 heavy (non-hydrogen) atoms. The van der Waals surface area contributed by atoms with E-state index in [0.717, 1.165) is 43.0 Å². The van der Waals surface area contributed by atoms with Crippen LogP contribution in [0.2, 0.25) is 0 Å². The van der Waals surface area contributed by atoms with Crippen molar-refractivity contribution in [3.63, 3.8) is 0 Å². The highest BCUT2D eigenvalue weighted by Gasteiger charge is 2.17. The van der Waals surface area contributed by atoms with Crippen LogP contribution in [0.4, 0.5) is 5.69 Å². The van der Waals surface area contributed by atoms with Crippen LogP contribution >= 0.6 is 0 Å². The molecule has 130 valence electrons. The van der Waals surface area contributed by atoms with Crippen LogP contribution < -0.4 is 0 Å². The van der Waals surface area contributed by atoms with Gasteiger partial charge in [-0.15, -0.1) is 0 Å². The second-order valence-electron chi connectivity index (χ2n) is 6.72. The Morgan fingerprint density at radius 3 is 2.28 bits per heavy atom. The van der Waals surface area contributed by atoms with Crippen LogP contribution in [0.1, 0.15) is 21.5 Å². The molecule has 0 aromatic heterocycles. The third kappa shape index (κ3) is 5.08. The summed E-state index contributed by atoms with van der Waals surface area (Å²) in [5, 5.41) is 0. The quantitative estimate of drug-likeness (QED) is 0.622. The van der Waals surface area contributed by atoms with Crippen molar-refractivity contribution >= 4 is 17.7 Å². The Bertz CT molecular complexity index is 727. The van der Waals surface area contributed by atoms with Crippen molar-refractivity contribution in [2.45, 2.75) is 6.92 Å². The lowest BCUT2D eigenvalue weighted by Crippen LogP contribution is -2.46. The van der Waals surface area contributed by atoms with Gasteiger partial charge in [0, 0.05) is 38.0 Å². The molecule has 4 heteroatoms. The second-order valence-corrected chi connectivity index (χ2v) is 6.72. The molecule has 3 rings (SSSR count). The first-order valence-corrected chi connectivity index (χ1v) is 8.75. The molecule has 0 bridgehead atoms. The molecule has 0 amide bonds. The Labute approximate surface area is 149 Å². The number of Topliss-reactive ketones (excluding diaryl/α,β-unsaturated/α-hetero) is 1. The third-order valence-corrected chi connectivity index (χ3v) is 4.59. The van der Waals surface area contributed by atoms with E-state index in [1.54, 1.807) is 0 Å². The molecule has 0 atom stereocenters. The molecule has 0 unspecified atom stereocenters. The van der Waals surface area contributed by atoms with Crippen molar-refractivity contribution in [3.05, 3.63) is 65.2 Å². The van der Waals surface area contributed by atoms with Crippen molar-refractivity contribution in [3.8, 4) is 0 Å². The zero-order valence-corrected chi connectivity index (χ0v) is 15.0. The molecule has 1 aliphatic heterocycles. The van der Waals surface area contributed by atoms with Gasteiger partial charge in [-0.25, -0.2) is 0 Å². The molecule has 0 spiro atoms. The van der Waals surface area contributed by atoms with E-state index in [4.69, 9.17) is 0 Å². The lowest BCUT2D eigenvalue weighted by Gasteiger charge is -2.31. The van der Waals surface area contributed by atoms with Crippen LogP contribution in [0.15, 0.2) is 53.5 Å². The minimum Gasteiger partial charge on any atom is -0.304 e. The molecule has 0 radical (unpaired) electrons. The Kier molecular flexibility index (Phi) is 5.74. The number of rotatable bonds is 5. The summed E-state index contributed by atoms with van der Waals surface area (Å²) in [7, 11) is 2.12. The fourth-order valence-electron chi connectivity index (χ4n) is 2.84. The summed E-state index contributed by atoms with van der Waals surface area (Å²) in [6, 6.07) is 15.8. The molecule has 0 saturated carbocycles. The number of nitrogens with zero attached hydrogens (tertiary/aromatic N) is 3. The zero-order valence-electron chi connectivity index (χ0n) is 15.0. The maximum Gasteiger partial charge on any atom is 0.176 e. The molecule has 4 nitrogen and oxygen atoms in total. The van der Waals surface area contributed by atoms with E-state index in [9.17, 15) is 4.79 Å². The Morgan fingerprint density at radius 1 is 1.00 bits per heavy atom. The number of hydrogen-bond acceptors (Lipinski definition) is 4. The van der Waals surface area contributed by atoms with Crippen LogP contribution in [-0.2, 0) is 0 Å². The number of aryl methyl sites for hydroxylation is 1. The fourth-order valence-corrected chi connectivity index (χ4v) is 2.84. The van der Waals surface area contributed by atoms with E-state index in [1.807, 2.05) is 42.6 Å². The summed E-state index contributed by atoms with van der Waals surface area (Å²) in [6.45, 7) is 6.54. The predicted molar refractivity (Wildman–Crippen MR) is 103 cm³/mol. The fraction of sp³-hybridized carbons (Fsp3) is 0.333. The van der Waals surface area contributed by atoms with Crippen molar-refractivity contribution < 1.29 is 4.79 Å². The zero-order chi connectivity index (χ0) is 17.6. The molecule has 1 fully saturated rings. The average molecular weight is 335 g/mol. The summed E-state index contributed by atoms with van der Waals surface area (Å²) < 4.78 is 0. The standard InChI is InChI=1S/C21H25N3O/c1-17-3-5-18(6-4-17)15-22-20-9-7-19(8-10-20)21(25)16-24-13-11-23(2)12-14-24/h3-10,15H,11-14,16H2,1-2H3. The van der Waals surface area contributed by atoms with Gasteiger partial charge in [0.2, 0.25) is 0 Å². The minimum atomic E-state index is 0.179. The van der Waals surface area contributed by atoms with Gasteiger partial charge in [0.1, 0.15) is 0 Å². The van der Waals surface area contributed by atoms with Gasteiger partial charge >= 0.3 is 0 Å². The summed E-state index contributed by atoms with van der Waals surface area (Å²) in [4.78, 5) is 21.4. The molecule has 0 N–H and O–H groups in total. The maximum atomic E-state index is 12.4. The van der Waals surface area contributed by atoms with Crippen molar-refractivity contribution in [2.24, 2.45) is 4.99 Å².